The lowest BCUT2D eigenvalue weighted by Gasteiger charge is -2.16. The van der Waals surface area contributed by atoms with E-state index in [1.54, 1.807) is 0 Å². The molecule has 0 atom stereocenters. The molecule has 2 nitrogen and oxygen atoms in total. The molecule has 0 unspecified atom stereocenters. The van der Waals surface area contributed by atoms with Crippen molar-refractivity contribution in [3.8, 4) is 0 Å². The van der Waals surface area contributed by atoms with Crippen LogP contribution in [0, 0.1) is 11.8 Å². The number of ether oxygens (including phenoxy) is 1. The Hall–Kier alpha value is -1.31. The predicted octanol–water partition coefficient (Wildman–Crippen LogP) is 3.03. The topological polar surface area (TPSA) is 26.3 Å². The molecule has 1 aromatic carbocycles. The zero-order valence-corrected chi connectivity index (χ0v) is 9.26. The average molecular weight is 216 g/mol. The third-order valence-corrected chi connectivity index (χ3v) is 3.43. The zero-order chi connectivity index (χ0) is 11.0. The predicted molar refractivity (Wildman–Crippen MR) is 61.1 cm³/mol. The molecule has 0 heterocycles. The van der Waals surface area contributed by atoms with E-state index in [0.29, 0.717) is 17.4 Å². The minimum Gasteiger partial charge on any atom is -0.458 e. The highest BCUT2D eigenvalue weighted by atomic mass is 16.5. The summed E-state index contributed by atoms with van der Waals surface area (Å²) in [7, 11) is 0. The molecule has 2 aliphatic carbocycles. The SMILES string of the molecule is O=C(OC(C1CC1)C1CC1)c1ccccc1. The van der Waals surface area contributed by atoms with Gasteiger partial charge in [0.2, 0.25) is 0 Å². The van der Waals surface area contributed by atoms with Crippen molar-refractivity contribution in [2.75, 3.05) is 0 Å². The highest BCUT2D eigenvalue weighted by molar-refractivity contribution is 5.89. The fourth-order valence-electron chi connectivity index (χ4n) is 2.19. The summed E-state index contributed by atoms with van der Waals surface area (Å²) >= 11 is 0. The van der Waals surface area contributed by atoms with E-state index in [4.69, 9.17) is 4.74 Å². The van der Waals surface area contributed by atoms with Crippen LogP contribution in [0.4, 0.5) is 0 Å². The molecule has 2 aliphatic rings. The first kappa shape index (κ1) is 9.88. The second-order valence-corrected chi connectivity index (χ2v) is 4.91. The van der Waals surface area contributed by atoms with Gasteiger partial charge < -0.3 is 4.74 Å². The van der Waals surface area contributed by atoms with Crippen molar-refractivity contribution in [1.82, 2.24) is 0 Å². The third-order valence-electron chi connectivity index (χ3n) is 3.43. The Bertz CT molecular complexity index is 365. The Morgan fingerprint density at radius 2 is 1.62 bits per heavy atom. The Morgan fingerprint density at radius 1 is 1.06 bits per heavy atom. The first-order valence-corrected chi connectivity index (χ1v) is 6.10. The smallest absolute Gasteiger partial charge is 0.338 e. The van der Waals surface area contributed by atoms with Crippen molar-refractivity contribution >= 4 is 5.97 Å². The zero-order valence-electron chi connectivity index (χ0n) is 9.26. The summed E-state index contributed by atoms with van der Waals surface area (Å²) in [5, 5.41) is 0. The average Bonchev–Trinajstić information content (AvgIpc) is 3.19. The van der Waals surface area contributed by atoms with Crippen LogP contribution in [0.3, 0.4) is 0 Å². The Labute approximate surface area is 95.6 Å². The molecular weight excluding hydrogens is 200 g/mol. The third kappa shape index (κ3) is 2.11. The fraction of sp³-hybridized carbons (Fsp3) is 0.500. The molecule has 0 bridgehead atoms. The van der Waals surface area contributed by atoms with Crippen LogP contribution in [0.2, 0.25) is 0 Å². The van der Waals surface area contributed by atoms with Gasteiger partial charge in [-0.25, -0.2) is 4.79 Å². The van der Waals surface area contributed by atoms with Gasteiger partial charge in [-0.15, -0.1) is 0 Å². The maximum atomic E-state index is 11.9. The molecule has 84 valence electrons. The maximum absolute atomic E-state index is 11.9. The summed E-state index contributed by atoms with van der Waals surface area (Å²) < 4.78 is 5.65. The molecule has 0 saturated heterocycles. The van der Waals surface area contributed by atoms with E-state index in [1.807, 2.05) is 30.3 Å². The van der Waals surface area contributed by atoms with Crippen LogP contribution in [0.1, 0.15) is 36.0 Å². The maximum Gasteiger partial charge on any atom is 0.338 e. The Balaban J connectivity index is 1.66. The van der Waals surface area contributed by atoms with Crippen LogP contribution in [0.25, 0.3) is 0 Å². The number of carbonyl (C=O) groups is 1. The Morgan fingerprint density at radius 3 is 2.12 bits per heavy atom. The molecule has 0 N–H and O–H groups in total. The number of benzene rings is 1. The lowest BCUT2D eigenvalue weighted by molar-refractivity contribution is 0.0186. The molecule has 0 aliphatic heterocycles. The number of esters is 1. The van der Waals surface area contributed by atoms with Gasteiger partial charge in [0.25, 0.3) is 0 Å². The molecule has 0 amide bonds. The summed E-state index contributed by atoms with van der Waals surface area (Å²) in [6.45, 7) is 0. The van der Waals surface area contributed by atoms with Crippen molar-refractivity contribution in [3.05, 3.63) is 35.9 Å². The van der Waals surface area contributed by atoms with Gasteiger partial charge in [0.1, 0.15) is 6.10 Å². The summed E-state index contributed by atoms with van der Waals surface area (Å²) in [5.74, 6) is 1.16. The van der Waals surface area contributed by atoms with Crippen molar-refractivity contribution in [1.29, 1.82) is 0 Å². The van der Waals surface area contributed by atoms with Crippen LogP contribution in [0.15, 0.2) is 30.3 Å². The van der Waals surface area contributed by atoms with E-state index in [9.17, 15) is 4.79 Å². The number of rotatable bonds is 4. The quantitative estimate of drug-likeness (QED) is 0.723. The molecule has 0 aromatic heterocycles. The van der Waals surface area contributed by atoms with E-state index in [2.05, 4.69) is 0 Å². The first-order chi connectivity index (χ1) is 7.84. The molecule has 2 saturated carbocycles. The normalized spacial score (nSPS) is 19.8. The van der Waals surface area contributed by atoms with Gasteiger partial charge in [-0.2, -0.15) is 0 Å². The monoisotopic (exact) mass is 216 g/mol. The first-order valence-electron chi connectivity index (χ1n) is 6.10. The summed E-state index contributed by atoms with van der Waals surface area (Å²) in [5.41, 5.74) is 0.675. The van der Waals surface area contributed by atoms with E-state index in [0.717, 1.165) is 0 Å². The summed E-state index contributed by atoms with van der Waals surface area (Å²) in [6.07, 6.45) is 5.16. The standard InChI is InChI=1S/C14H16O2/c15-14(12-4-2-1-3-5-12)16-13(10-6-7-10)11-8-9-11/h1-5,10-11,13H,6-9H2. The van der Waals surface area contributed by atoms with Crippen molar-refractivity contribution in [3.63, 3.8) is 0 Å². The van der Waals surface area contributed by atoms with E-state index < -0.39 is 0 Å². The molecule has 1 aromatic rings. The lowest BCUT2D eigenvalue weighted by Crippen LogP contribution is -2.22. The second-order valence-electron chi connectivity index (χ2n) is 4.91. The lowest BCUT2D eigenvalue weighted by atomic mass is 10.1. The van der Waals surface area contributed by atoms with E-state index in [1.165, 1.54) is 25.7 Å². The highest BCUT2D eigenvalue weighted by Gasteiger charge is 2.44. The van der Waals surface area contributed by atoms with Gasteiger partial charge in [0, 0.05) is 0 Å². The van der Waals surface area contributed by atoms with Crippen LogP contribution < -0.4 is 0 Å². The molecule has 3 rings (SSSR count). The highest BCUT2D eigenvalue weighted by Crippen LogP contribution is 2.46. The van der Waals surface area contributed by atoms with E-state index in [-0.39, 0.29) is 12.1 Å². The minimum atomic E-state index is -0.149. The fourth-order valence-corrected chi connectivity index (χ4v) is 2.19. The molecule has 2 fully saturated rings. The van der Waals surface area contributed by atoms with Crippen LogP contribution in [-0.4, -0.2) is 12.1 Å². The summed E-state index contributed by atoms with van der Waals surface area (Å²) in [4.78, 5) is 11.9. The number of carbonyl (C=O) groups excluding carboxylic acids is 1. The van der Waals surface area contributed by atoms with Crippen molar-refractivity contribution in [2.24, 2.45) is 11.8 Å². The minimum absolute atomic E-state index is 0.149. The summed E-state index contributed by atoms with van der Waals surface area (Å²) in [6, 6.07) is 9.30. The van der Waals surface area contributed by atoms with Gasteiger partial charge in [-0.05, 0) is 49.7 Å². The van der Waals surface area contributed by atoms with Gasteiger partial charge >= 0.3 is 5.97 Å². The number of hydrogen-bond donors (Lipinski definition) is 0. The molecular formula is C14H16O2. The molecule has 0 radical (unpaired) electrons. The van der Waals surface area contributed by atoms with E-state index >= 15 is 0 Å². The van der Waals surface area contributed by atoms with Gasteiger partial charge in [0.05, 0.1) is 5.56 Å². The van der Waals surface area contributed by atoms with Crippen LogP contribution >= 0.6 is 0 Å². The van der Waals surface area contributed by atoms with Crippen molar-refractivity contribution < 1.29 is 9.53 Å². The van der Waals surface area contributed by atoms with Gasteiger partial charge in [0.15, 0.2) is 0 Å². The van der Waals surface area contributed by atoms with Gasteiger partial charge in [-0.1, -0.05) is 18.2 Å². The Kier molecular flexibility index (Phi) is 2.43. The molecule has 16 heavy (non-hydrogen) atoms. The van der Waals surface area contributed by atoms with Gasteiger partial charge in [-0.3, -0.25) is 0 Å². The molecule has 2 heteroatoms. The van der Waals surface area contributed by atoms with Crippen LogP contribution in [-0.2, 0) is 4.74 Å². The van der Waals surface area contributed by atoms with Crippen molar-refractivity contribution in [2.45, 2.75) is 31.8 Å². The van der Waals surface area contributed by atoms with Crippen LogP contribution in [0.5, 0.6) is 0 Å². The molecule has 0 spiro atoms. The second kappa shape index (κ2) is 3.93. The number of hydrogen-bond acceptors (Lipinski definition) is 2. The largest absolute Gasteiger partial charge is 0.458 e.